The second-order valence-electron chi connectivity index (χ2n) is 10.6. The van der Waals surface area contributed by atoms with Gasteiger partial charge in [-0.1, -0.05) is 62.7 Å². The summed E-state index contributed by atoms with van der Waals surface area (Å²) < 4.78 is 42.5. The van der Waals surface area contributed by atoms with Gasteiger partial charge in [0.1, 0.15) is 10.0 Å². The molecular formula is C27H24ClF3N4O3S. The molecule has 1 amide bonds. The summed E-state index contributed by atoms with van der Waals surface area (Å²) in [5, 5.41) is 16.1. The summed E-state index contributed by atoms with van der Waals surface area (Å²) in [5.41, 5.74) is -0.843. The molecule has 3 heterocycles. The summed E-state index contributed by atoms with van der Waals surface area (Å²) in [7, 11) is 0. The molecule has 1 atom stereocenters. The van der Waals surface area contributed by atoms with Gasteiger partial charge in [-0.2, -0.15) is 18.3 Å². The molecule has 1 unspecified atom stereocenters. The number of thiophene rings is 1. The van der Waals surface area contributed by atoms with Crippen molar-refractivity contribution in [1.82, 2.24) is 14.6 Å². The Hall–Kier alpha value is -3.44. The van der Waals surface area contributed by atoms with Crippen molar-refractivity contribution in [3.05, 3.63) is 68.8 Å². The summed E-state index contributed by atoms with van der Waals surface area (Å²) in [4.78, 5) is 30.6. The Morgan fingerprint density at radius 1 is 1.18 bits per heavy atom. The number of anilines is 1. The second-order valence-corrected chi connectivity index (χ2v) is 12.0. The molecule has 1 aliphatic carbocycles. The minimum absolute atomic E-state index is 0.00364. The van der Waals surface area contributed by atoms with Crippen LogP contribution in [0.5, 0.6) is 0 Å². The van der Waals surface area contributed by atoms with E-state index in [-0.39, 0.29) is 32.3 Å². The minimum atomic E-state index is -4.82. The maximum absolute atomic E-state index is 14.0. The van der Waals surface area contributed by atoms with Crippen LogP contribution < -0.4 is 5.32 Å². The molecule has 0 bridgehead atoms. The molecule has 12 heteroatoms. The number of carbonyl (C=O) groups is 2. The summed E-state index contributed by atoms with van der Waals surface area (Å²) in [6.45, 7) is 6.40. The fraction of sp³-hybridized carbons (Fsp3) is 0.333. The van der Waals surface area contributed by atoms with Crippen LogP contribution in [0.3, 0.4) is 0 Å². The molecule has 0 fully saturated rings. The number of carboxylic acids is 1. The molecule has 5 rings (SSSR count). The summed E-state index contributed by atoms with van der Waals surface area (Å²) in [6, 6.07) is 9.10. The Bertz CT molecular complexity index is 1610. The Labute approximate surface area is 230 Å². The molecular weight excluding hydrogens is 553 g/mol. The molecule has 2 N–H and O–H groups in total. The van der Waals surface area contributed by atoms with Crippen LogP contribution in [-0.2, 0) is 19.0 Å². The van der Waals surface area contributed by atoms with Crippen molar-refractivity contribution >= 4 is 45.5 Å². The number of hydrogen-bond acceptors (Lipinski definition) is 5. The van der Waals surface area contributed by atoms with Gasteiger partial charge in [0, 0.05) is 10.4 Å². The molecule has 7 nitrogen and oxygen atoms in total. The number of halogens is 4. The molecule has 3 aromatic heterocycles. The largest absolute Gasteiger partial charge is 0.478 e. The van der Waals surface area contributed by atoms with Crippen molar-refractivity contribution < 1.29 is 27.9 Å². The van der Waals surface area contributed by atoms with Gasteiger partial charge in [-0.15, -0.1) is 11.3 Å². The summed E-state index contributed by atoms with van der Waals surface area (Å²) >= 11 is 7.55. The van der Waals surface area contributed by atoms with E-state index in [0.717, 1.165) is 17.4 Å². The van der Waals surface area contributed by atoms with Gasteiger partial charge >= 0.3 is 12.1 Å². The van der Waals surface area contributed by atoms with Crippen LogP contribution in [0.25, 0.3) is 16.9 Å². The highest BCUT2D eigenvalue weighted by Gasteiger charge is 2.38. The number of fused-ring (bicyclic) bond motifs is 2. The van der Waals surface area contributed by atoms with E-state index in [1.165, 1.54) is 11.3 Å². The Balaban J connectivity index is 1.56. The quantitative estimate of drug-likeness (QED) is 0.267. The number of nitrogens with one attached hydrogen (secondary N) is 1. The average molecular weight is 577 g/mol. The lowest BCUT2D eigenvalue weighted by Crippen LogP contribution is -2.26. The van der Waals surface area contributed by atoms with Crippen molar-refractivity contribution in [2.75, 3.05) is 5.32 Å². The maximum atomic E-state index is 14.0. The number of nitrogens with zero attached hydrogens (tertiary/aromatic N) is 3. The van der Waals surface area contributed by atoms with Crippen molar-refractivity contribution in [3.63, 3.8) is 0 Å². The third kappa shape index (κ3) is 5.00. The van der Waals surface area contributed by atoms with Gasteiger partial charge in [0.05, 0.1) is 11.3 Å². The number of carbonyl (C=O) groups excluding carboxylic acids is 1. The third-order valence-electron chi connectivity index (χ3n) is 7.04. The number of rotatable bonds is 4. The number of alkyl halides is 3. The molecule has 39 heavy (non-hydrogen) atoms. The van der Waals surface area contributed by atoms with Gasteiger partial charge in [-0.3, -0.25) is 4.79 Å². The minimum Gasteiger partial charge on any atom is -0.478 e. The van der Waals surface area contributed by atoms with Crippen molar-refractivity contribution in [2.24, 2.45) is 11.3 Å². The van der Waals surface area contributed by atoms with E-state index in [2.05, 4.69) is 36.2 Å². The predicted molar refractivity (Wildman–Crippen MR) is 143 cm³/mol. The molecule has 0 spiro atoms. The molecule has 1 aromatic carbocycles. The zero-order valence-corrected chi connectivity index (χ0v) is 22.8. The molecule has 1 aliphatic rings. The highest BCUT2D eigenvalue weighted by Crippen LogP contribution is 2.44. The molecule has 0 saturated heterocycles. The Morgan fingerprint density at radius 2 is 1.87 bits per heavy atom. The first-order valence-electron chi connectivity index (χ1n) is 12.2. The van der Waals surface area contributed by atoms with Gasteiger partial charge in [0.2, 0.25) is 0 Å². The van der Waals surface area contributed by atoms with Crippen LogP contribution in [0.1, 0.15) is 64.2 Å². The van der Waals surface area contributed by atoms with Crippen LogP contribution in [0.15, 0.2) is 36.4 Å². The standard InChI is InChI=1S/C27H24ClF3N4O3S/c1-26(2,3)14-9-10-15-17(11-14)39-24(19(15)25(37)38)33-23(36)21-20(28)22-32-16(13-7-5-4-6-8-13)12-18(27(29,30)31)35(22)34-21/h4-8,12,14H,9-11H2,1-3H3,(H,33,36)(H,37,38). The number of carboxylic acid groups (broad SMARTS) is 1. The van der Waals surface area contributed by atoms with E-state index in [1.807, 2.05) is 0 Å². The molecule has 0 aliphatic heterocycles. The van der Waals surface area contributed by atoms with Crippen LogP contribution >= 0.6 is 22.9 Å². The van der Waals surface area contributed by atoms with Crippen LogP contribution in [-0.4, -0.2) is 31.6 Å². The van der Waals surface area contributed by atoms with Gasteiger partial charge in [0.25, 0.3) is 5.91 Å². The lowest BCUT2D eigenvalue weighted by Gasteiger charge is -2.33. The number of aromatic carboxylic acids is 1. The average Bonchev–Trinajstić information content (AvgIpc) is 3.39. The van der Waals surface area contributed by atoms with E-state index in [4.69, 9.17) is 11.6 Å². The van der Waals surface area contributed by atoms with Crippen molar-refractivity contribution in [1.29, 1.82) is 0 Å². The zero-order valence-electron chi connectivity index (χ0n) is 21.2. The van der Waals surface area contributed by atoms with E-state index in [0.29, 0.717) is 34.4 Å². The number of hydrogen-bond donors (Lipinski definition) is 2. The number of benzene rings is 1. The van der Waals surface area contributed by atoms with Crippen molar-refractivity contribution in [2.45, 2.75) is 46.2 Å². The van der Waals surface area contributed by atoms with Crippen LogP contribution in [0.4, 0.5) is 18.2 Å². The molecule has 0 radical (unpaired) electrons. The zero-order chi connectivity index (χ0) is 28.3. The third-order valence-corrected chi connectivity index (χ3v) is 8.56. The lowest BCUT2D eigenvalue weighted by atomic mass is 9.72. The van der Waals surface area contributed by atoms with Gasteiger partial charge < -0.3 is 10.4 Å². The molecule has 4 aromatic rings. The SMILES string of the molecule is CC(C)(C)C1CCc2c(sc(NC(=O)c3nn4c(C(F)(F)F)cc(-c5ccccc5)nc4c3Cl)c2C(=O)O)C1. The highest BCUT2D eigenvalue weighted by molar-refractivity contribution is 7.17. The fourth-order valence-corrected chi connectivity index (χ4v) is 6.46. The molecule has 204 valence electrons. The number of aromatic nitrogens is 3. The summed E-state index contributed by atoms with van der Waals surface area (Å²) in [5.74, 6) is -1.77. The van der Waals surface area contributed by atoms with E-state index in [9.17, 15) is 27.9 Å². The van der Waals surface area contributed by atoms with Crippen LogP contribution in [0, 0.1) is 11.3 Å². The first-order chi connectivity index (χ1) is 18.3. The Morgan fingerprint density at radius 3 is 2.49 bits per heavy atom. The smallest absolute Gasteiger partial charge is 0.433 e. The van der Waals surface area contributed by atoms with E-state index < -0.39 is 29.4 Å². The van der Waals surface area contributed by atoms with Crippen LogP contribution in [0.2, 0.25) is 5.02 Å². The number of amides is 1. The fourth-order valence-electron chi connectivity index (χ4n) is 4.90. The van der Waals surface area contributed by atoms with Gasteiger partial charge in [-0.05, 0) is 42.2 Å². The predicted octanol–water partition coefficient (Wildman–Crippen LogP) is 7.23. The Kier molecular flexibility index (Phi) is 6.70. The second kappa shape index (κ2) is 9.63. The summed E-state index contributed by atoms with van der Waals surface area (Å²) in [6.07, 6.45) is -2.77. The van der Waals surface area contributed by atoms with E-state index in [1.54, 1.807) is 30.3 Å². The van der Waals surface area contributed by atoms with E-state index >= 15 is 0 Å². The van der Waals surface area contributed by atoms with Gasteiger partial charge in [-0.25, -0.2) is 14.3 Å². The first kappa shape index (κ1) is 27.1. The topological polar surface area (TPSA) is 96.6 Å². The highest BCUT2D eigenvalue weighted by atomic mass is 35.5. The lowest BCUT2D eigenvalue weighted by molar-refractivity contribution is -0.142. The maximum Gasteiger partial charge on any atom is 0.433 e. The monoisotopic (exact) mass is 576 g/mol. The molecule has 0 saturated carbocycles. The van der Waals surface area contributed by atoms with Crippen molar-refractivity contribution in [3.8, 4) is 11.3 Å². The normalized spacial score (nSPS) is 15.8. The van der Waals surface area contributed by atoms with Gasteiger partial charge in [0.15, 0.2) is 17.0 Å². The first-order valence-corrected chi connectivity index (χ1v) is 13.4.